The number of hydrogen-bond donors (Lipinski definition) is 1. The van der Waals surface area contributed by atoms with Crippen molar-refractivity contribution in [3.8, 4) is 0 Å². The summed E-state index contributed by atoms with van der Waals surface area (Å²) in [6.07, 6.45) is 0. The molecule has 0 aliphatic rings. The largest absolute Gasteiger partial charge is 0.325 e. The SMILES string of the molecule is CCN(C)CC(=O)Nc1cc(Cl)c(C)c(Cl)c1. The number of nitrogens with one attached hydrogen (secondary N) is 1. The van der Waals surface area contributed by atoms with E-state index >= 15 is 0 Å². The highest BCUT2D eigenvalue weighted by molar-refractivity contribution is 6.36. The molecule has 1 aromatic rings. The van der Waals surface area contributed by atoms with Crippen molar-refractivity contribution >= 4 is 34.8 Å². The summed E-state index contributed by atoms with van der Waals surface area (Å²) in [4.78, 5) is 13.6. The summed E-state index contributed by atoms with van der Waals surface area (Å²) in [7, 11) is 1.88. The van der Waals surface area contributed by atoms with Crippen molar-refractivity contribution in [3.05, 3.63) is 27.7 Å². The number of likely N-dealkylation sites (N-methyl/N-ethyl adjacent to an activating group) is 1. The molecule has 1 N–H and O–H groups in total. The highest BCUT2D eigenvalue weighted by Gasteiger charge is 2.08. The lowest BCUT2D eigenvalue weighted by Gasteiger charge is -2.14. The van der Waals surface area contributed by atoms with E-state index in [2.05, 4.69) is 5.32 Å². The molecule has 0 aliphatic carbocycles. The van der Waals surface area contributed by atoms with Crippen molar-refractivity contribution in [2.45, 2.75) is 13.8 Å². The molecule has 17 heavy (non-hydrogen) atoms. The van der Waals surface area contributed by atoms with Gasteiger partial charge in [0.25, 0.3) is 0 Å². The molecule has 1 aromatic carbocycles. The van der Waals surface area contributed by atoms with E-state index in [0.29, 0.717) is 22.3 Å². The molecule has 1 amide bonds. The molecule has 0 aliphatic heterocycles. The number of hydrogen-bond acceptors (Lipinski definition) is 2. The predicted octanol–water partition coefficient (Wildman–Crippen LogP) is 3.19. The summed E-state index contributed by atoms with van der Waals surface area (Å²) in [6, 6.07) is 3.40. The summed E-state index contributed by atoms with van der Waals surface area (Å²) in [6.45, 7) is 5.00. The average Bonchev–Trinajstić information content (AvgIpc) is 2.25. The van der Waals surface area contributed by atoms with Gasteiger partial charge in [0, 0.05) is 15.7 Å². The molecule has 0 aromatic heterocycles. The zero-order chi connectivity index (χ0) is 13.0. The zero-order valence-electron chi connectivity index (χ0n) is 10.2. The molecular weight excluding hydrogens is 259 g/mol. The van der Waals surface area contributed by atoms with Gasteiger partial charge in [-0.25, -0.2) is 0 Å². The lowest BCUT2D eigenvalue weighted by Crippen LogP contribution is -2.29. The molecule has 0 bridgehead atoms. The van der Waals surface area contributed by atoms with E-state index < -0.39 is 0 Å². The van der Waals surface area contributed by atoms with Gasteiger partial charge < -0.3 is 5.32 Å². The van der Waals surface area contributed by atoms with Crippen molar-refractivity contribution in [1.82, 2.24) is 4.90 Å². The second-order valence-electron chi connectivity index (χ2n) is 3.94. The Kier molecular flexibility index (Phi) is 5.25. The Morgan fingerprint density at radius 1 is 1.35 bits per heavy atom. The maximum atomic E-state index is 11.7. The van der Waals surface area contributed by atoms with Crippen LogP contribution in [-0.2, 0) is 4.79 Å². The van der Waals surface area contributed by atoms with Gasteiger partial charge in [-0.3, -0.25) is 9.69 Å². The van der Waals surface area contributed by atoms with Gasteiger partial charge in [-0.1, -0.05) is 30.1 Å². The standard InChI is InChI=1S/C12H16Cl2N2O/c1-4-16(3)7-12(17)15-9-5-10(13)8(2)11(14)6-9/h5-6H,4,7H2,1-3H3,(H,15,17). The number of halogens is 2. The zero-order valence-corrected chi connectivity index (χ0v) is 11.7. The molecule has 94 valence electrons. The van der Waals surface area contributed by atoms with Gasteiger partial charge >= 0.3 is 0 Å². The molecule has 0 saturated carbocycles. The van der Waals surface area contributed by atoms with E-state index in [9.17, 15) is 4.79 Å². The molecule has 3 nitrogen and oxygen atoms in total. The molecule has 0 radical (unpaired) electrons. The smallest absolute Gasteiger partial charge is 0.238 e. The Morgan fingerprint density at radius 3 is 2.35 bits per heavy atom. The molecule has 1 rings (SSSR count). The van der Waals surface area contributed by atoms with Crippen molar-refractivity contribution < 1.29 is 4.79 Å². The Balaban J connectivity index is 2.72. The van der Waals surface area contributed by atoms with Crippen LogP contribution < -0.4 is 5.32 Å². The van der Waals surface area contributed by atoms with E-state index in [1.165, 1.54) is 0 Å². The van der Waals surface area contributed by atoms with Crippen LogP contribution in [0.25, 0.3) is 0 Å². The normalized spacial score (nSPS) is 10.7. The number of anilines is 1. The van der Waals surface area contributed by atoms with Crippen LogP contribution in [0.3, 0.4) is 0 Å². The monoisotopic (exact) mass is 274 g/mol. The first-order valence-corrected chi connectivity index (χ1v) is 6.13. The fourth-order valence-corrected chi connectivity index (χ4v) is 1.76. The lowest BCUT2D eigenvalue weighted by atomic mass is 10.2. The van der Waals surface area contributed by atoms with E-state index in [1.807, 2.05) is 25.8 Å². The van der Waals surface area contributed by atoms with Crippen LogP contribution in [0.2, 0.25) is 10.0 Å². The minimum absolute atomic E-state index is 0.0784. The van der Waals surface area contributed by atoms with Crippen LogP contribution in [0.15, 0.2) is 12.1 Å². The molecule has 0 unspecified atom stereocenters. The minimum atomic E-state index is -0.0784. The third kappa shape index (κ3) is 4.19. The van der Waals surface area contributed by atoms with Crippen LogP contribution in [0.1, 0.15) is 12.5 Å². The van der Waals surface area contributed by atoms with Crippen LogP contribution in [0.4, 0.5) is 5.69 Å². The highest BCUT2D eigenvalue weighted by atomic mass is 35.5. The summed E-state index contributed by atoms with van der Waals surface area (Å²) in [5.41, 5.74) is 1.44. The van der Waals surface area contributed by atoms with Gasteiger partial charge in [0.2, 0.25) is 5.91 Å². The van der Waals surface area contributed by atoms with E-state index in [-0.39, 0.29) is 5.91 Å². The number of carbonyl (C=O) groups is 1. The predicted molar refractivity (Wildman–Crippen MR) is 73.0 cm³/mol. The second-order valence-corrected chi connectivity index (χ2v) is 4.76. The first-order valence-electron chi connectivity index (χ1n) is 5.38. The molecule has 0 heterocycles. The number of benzene rings is 1. The lowest BCUT2D eigenvalue weighted by molar-refractivity contribution is -0.117. The van der Waals surface area contributed by atoms with E-state index in [4.69, 9.17) is 23.2 Å². The maximum Gasteiger partial charge on any atom is 0.238 e. The average molecular weight is 275 g/mol. The van der Waals surface area contributed by atoms with Crippen molar-refractivity contribution in [2.75, 3.05) is 25.5 Å². The van der Waals surface area contributed by atoms with Crippen molar-refractivity contribution in [2.24, 2.45) is 0 Å². The fraction of sp³-hybridized carbons (Fsp3) is 0.417. The summed E-state index contributed by atoms with van der Waals surface area (Å²) in [5, 5.41) is 3.87. The number of nitrogens with zero attached hydrogens (tertiary/aromatic N) is 1. The maximum absolute atomic E-state index is 11.7. The number of carbonyl (C=O) groups excluding carboxylic acids is 1. The number of rotatable bonds is 4. The number of amides is 1. The molecule has 5 heteroatoms. The van der Waals surface area contributed by atoms with Crippen LogP contribution in [-0.4, -0.2) is 30.9 Å². The van der Waals surface area contributed by atoms with Crippen LogP contribution in [0.5, 0.6) is 0 Å². The highest BCUT2D eigenvalue weighted by Crippen LogP contribution is 2.27. The second kappa shape index (κ2) is 6.24. The molecule has 0 atom stereocenters. The minimum Gasteiger partial charge on any atom is -0.325 e. The molecule has 0 fully saturated rings. The van der Waals surface area contributed by atoms with Crippen molar-refractivity contribution in [1.29, 1.82) is 0 Å². The third-order valence-electron chi connectivity index (χ3n) is 2.52. The molecule has 0 spiro atoms. The summed E-state index contributed by atoms with van der Waals surface area (Å²) >= 11 is 12.0. The first kappa shape index (κ1) is 14.3. The van der Waals surface area contributed by atoms with Gasteiger partial charge in [-0.05, 0) is 38.2 Å². The Hall–Kier alpha value is -0.770. The van der Waals surface area contributed by atoms with Gasteiger partial charge in [0.15, 0.2) is 0 Å². The quantitative estimate of drug-likeness (QED) is 0.915. The Morgan fingerprint density at radius 2 is 1.88 bits per heavy atom. The van der Waals surface area contributed by atoms with Gasteiger partial charge in [0.05, 0.1) is 6.54 Å². The Bertz CT molecular complexity index is 398. The van der Waals surface area contributed by atoms with Crippen molar-refractivity contribution in [3.63, 3.8) is 0 Å². The first-order chi connectivity index (χ1) is 7.93. The fourth-order valence-electron chi connectivity index (χ4n) is 1.27. The van der Waals surface area contributed by atoms with E-state index in [0.717, 1.165) is 12.1 Å². The Labute approximate surface area is 112 Å². The molecular formula is C12H16Cl2N2O. The van der Waals surface area contributed by atoms with Crippen LogP contribution in [0, 0.1) is 6.92 Å². The topological polar surface area (TPSA) is 32.3 Å². The van der Waals surface area contributed by atoms with Crippen LogP contribution >= 0.6 is 23.2 Å². The van der Waals surface area contributed by atoms with Gasteiger partial charge in [0.1, 0.15) is 0 Å². The molecule has 0 saturated heterocycles. The van der Waals surface area contributed by atoms with E-state index in [1.54, 1.807) is 12.1 Å². The van der Waals surface area contributed by atoms with Gasteiger partial charge in [-0.2, -0.15) is 0 Å². The summed E-state index contributed by atoms with van der Waals surface area (Å²) < 4.78 is 0. The summed E-state index contributed by atoms with van der Waals surface area (Å²) in [5.74, 6) is -0.0784. The third-order valence-corrected chi connectivity index (χ3v) is 3.30. The van der Waals surface area contributed by atoms with Gasteiger partial charge in [-0.15, -0.1) is 0 Å².